The second-order valence-corrected chi connectivity index (χ2v) is 14.6. The number of fused-ring (bicyclic) bond motifs is 3. The second-order valence-electron chi connectivity index (χ2n) is 13.6. The minimum absolute atomic E-state index is 0.710. The van der Waals surface area contributed by atoms with Crippen LogP contribution in [-0.2, 0) is 0 Å². The van der Waals surface area contributed by atoms with Crippen molar-refractivity contribution < 1.29 is 0 Å². The normalized spacial score (nSPS) is 11.3. The van der Waals surface area contributed by atoms with Crippen molar-refractivity contribution >= 4 is 32.3 Å². The van der Waals surface area contributed by atoms with Crippen molar-refractivity contribution in [2.75, 3.05) is 0 Å². The molecule has 3 aromatic heterocycles. The number of thiophene rings is 1. The minimum Gasteiger partial charge on any atom is -0.247 e. The van der Waals surface area contributed by atoms with Gasteiger partial charge in [-0.15, -0.1) is 11.3 Å². The molecule has 0 aliphatic carbocycles. The number of benzene rings is 7. The summed E-state index contributed by atoms with van der Waals surface area (Å²) >= 11 is 1.86. The Kier molecular flexibility index (Phi) is 8.36. The summed E-state index contributed by atoms with van der Waals surface area (Å²) in [6.07, 6.45) is 0. The van der Waals surface area contributed by atoms with Crippen LogP contribution in [0.4, 0.5) is 0 Å². The fourth-order valence-corrected chi connectivity index (χ4v) is 8.76. The summed E-state index contributed by atoms with van der Waals surface area (Å²) in [5.74, 6) is 0.710. The van der Waals surface area contributed by atoms with Crippen molar-refractivity contribution in [1.82, 2.24) is 15.0 Å². The molecule has 3 nitrogen and oxygen atoms in total. The van der Waals surface area contributed by atoms with Crippen molar-refractivity contribution in [3.05, 3.63) is 200 Å². The van der Waals surface area contributed by atoms with Gasteiger partial charge in [0.25, 0.3) is 0 Å². The van der Waals surface area contributed by atoms with Crippen LogP contribution in [0, 0.1) is 0 Å². The van der Waals surface area contributed by atoms with Gasteiger partial charge in [0.2, 0.25) is 0 Å². The number of hydrogen-bond acceptors (Lipinski definition) is 4. The predicted molar refractivity (Wildman–Crippen MR) is 231 cm³/mol. The van der Waals surface area contributed by atoms with Gasteiger partial charge in [-0.25, -0.2) is 15.0 Å². The highest BCUT2D eigenvalue weighted by Crippen LogP contribution is 2.50. The molecule has 0 atom stereocenters. The van der Waals surface area contributed by atoms with Gasteiger partial charge in [-0.1, -0.05) is 188 Å². The summed E-state index contributed by atoms with van der Waals surface area (Å²) in [5, 5.41) is 2.35. The van der Waals surface area contributed by atoms with Crippen LogP contribution >= 0.6 is 11.3 Å². The summed E-state index contributed by atoms with van der Waals surface area (Å²) < 4.78 is 1.25. The Morgan fingerprint density at radius 3 is 1.42 bits per heavy atom. The maximum atomic E-state index is 5.48. The maximum absolute atomic E-state index is 5.48. The summed E-state index contributed by atoms with van der Waals surface area (Å²) in [7, 11) is 0. The smallest absolute Gasteiger partial charge is 0.160 e. The summed E-state index contributed by atoms with van der Waals surface area (Å²) in [5.41, 5.74) is 13.8. The molecule has 0 aliphatic rings. The zero-order valence-electron chi connectivity index (χ0n) is 29.8. The first kappa shape index (κ1) is 32.6. The maximum Gasteiger partial charge on any atom is 0.160 e. The predicted octanol–water partition coefficient (Wildman–Crippen LogP) is 13.9. The molecule has 0 saturated carbocycles. The Bertz CT molecular complexity index is 2870. The first-order valence-electron chi connectivity index (χ1n) is 18.4. The van der Waals surface area contributed by atoms with E-state index >= 15 is 0 Å². The van der Waals surface area contributed by atoms with E-state index in [1.807, 2.05) is 47.7 Å². The third-order valence-electron chi connectivity index (χ3n) is 10.1. The van der Waals surface area contributed by atoms with E-state index in [-0.39, 0.29) is 0 Å². The van der Waals surface area contributed by atoms with Crippen molar-refractivity contribution in [2.24, 2.45) is 0 Å². The van der Waals surface area contributed by atoms with Gasteiger partial charge in [0.15, 0.2) is 5.82 Å². The first-order valence-corrected chi connectivity index (χ1v) is 19.3. The molecule has 7 aromatic carbocycles. The van der Waals surface area contributed by atoms with Gasteiger partial charge in [0.1, 0.15) is 0 Å². The molecule has 0 N–H and O–H groups in total. The topological polar surface area (TPSA) is 38.7 Å². The van der Waals surface area contributed by atoms with Gasteiger partial charge in [0.05, 0.1) is 22.6 Å². The molecule has 0 spiro atoms. The van der Waals surface area contributed by atoms with Crippen LogP contribution in [0.2, 0.25) is 0 Å². The minimum atomic E-state index is 0.710. The highest BCUT2D eigenvalue weighted by Gasteiger charge is 2.23. The molecule has 3 heterocycles. The Morgan fingerprint density at radius 1 is 0.345 bits per heavy atom. The zero-order chi connectivity index (χ0) is 36.6. The molecular weight excluding hydrogens is 687 g/mol. The molecule has 0 radical (unpaired) electrons. The van der Waals surface area contributed by atoms with E-state index in [0.717, 1.165) is 61.4 Å². The van der Waals surface area contributed by atoms with E-state index in [1.54, 1.807) is 0 Å². The average molecular weight is 720 g/mol. The van der Waals surface area contributed by atoms with Crippen LogP contribution in [-0.4, -0.2) is 15.0 Å². The van der Waals surface area contributed by atoms with Crippen LogP contribution < -0.4 is 0 Å². The lowest BCUT2D eigenvalue weighted by molar-refractivity contribution is 1.18. The van der Waals surface area contributed by atoms with Gasteiger partial charge in [-0.2, -0.15) is 0 Å². The summed E-state index contributed by atoms with van der Waals surface area (Å²) in [4.78, 5) is 16.7. The third kappa shape index (κ3) is 6.19. The quantitative estimate of drug-likeness (QED) is 0.165. The van der Waals surface area contributed by atoms with E-state index in [1.165, 1.54) is 31.7 Å². The van der Waals surface area contributed by atoms with Crippen LogP contribution in [0.25, 0.3) is 98.8 Å². The summed E-state index contributed by atoms with van der Waals surface area (Å²) in [6, 6.07) is 70.1. The van der Waals surface area contributed by atoms with Gasteiger partial charge in [-0.05, 0) is 34.4 Å². The SMILES string of the molecule is c1ccc(-c2cc(-c3ccc(-c4ccc5c(c4)nc(-c4ccccc4)c4c(-c6ccccc6)c(-c6ccccc6)sc45)cc3)nc(-c3ccccc3)n2)cc1. The van der Waals surface area contributed by atoms with E-state index in [9.17, 15) is 0 Å². The molecule has 0 unspecified atom stereocenters. The average Bonchev–Trinajstić information content (AvgIpc) is 3.68. The third-order valence-corrected chi connectivity index (χ3v) is 11.4. The molecular formula is C51H33N3S. The molecule has 0 fully saturated rings. The van der Waals surface area contributed by atoms with Crippen LogP contribution in [0.1, 0.15) is 0 Å². The van der Waals surface area contributed by atoms with Crippen molar-refractivity contribution in [3.8, 4) is 77.9 Å². The van der Waals surface area contributed by atoms with E-state index in [2.05, 4.69) is 164 Å². The lowest BCUT2D eigenvalue weighted by Crippen LogP contribution is -1.95. The van der Waals surface area contributed by atoms with Crippen molar-refractivity contribution in [1.29, 1.82) is 0 Å². The lowest BCUT2D eigenvalue weighted by Gasteiger charge is -2.12. The number of nitrogens with zero attached hydrogens (tertiary/aromatic N) is 3. The van der Waals surface area contributed by atoms with Crippen molar-refractivity contribution in [2.45, 2.75) is 0 Å². The molecule has 10 aromatic rings. The van der Waals surface area contributed by atoms with E-state index in [4.69, 9.17) is 15.0 Å². The number of aromatic nitrogens is 3. The number of hydrogen-bond donors (Lipinski definition) is 0. The van der Waals surface area contributed by atoms with E-state index in [0.29, 0.717) is 5.82 Å². The zero-order valence-corrected chi connectivity index (χ0v) is 30.6. The van der Waals surface area contributed by atoms with Gasteiger partial charge in [-0.3, -0.25) is 0 Å². The highest BCUT2D eigenvalue weighted by molar-refractivity contribution is 7.24. The Hall–Kier alpha value is -7.01. The molecule has 0 aliphatic heterocycles. The highest BCUT2D eigenvalue weighted by atomic mass is 32.1. The van der Waals surface area contributed by atoms with Gasteiger partial charge >= 0.3 is 0 Å². The second kappa shape index (κ2) is 14.1. The first-order chi connectivity index (χ1) is 27.3. The summed E-state index contributed by atoms with van der Waals surface area (Å²) in [6.45, 7) is 0. The fourth-order valence-electron chi connectivity index (χ4n) is 7.40. The van der Waals surface area contributed by atoms with Crippen LogP contribution in [0.15, 0.2) is 200 Å². The standard InChI is InChI=1S/C51H33N3S/c1-6-16-35(17-7-1)43-33-44(54-51(53-43)40-24-14-5-15-25-40)36-28-26-34(27-29-36)41-30-31-42-45(32-41)52-48(38-20-10-3-11-21-38)47-46(37-18-8-2-9-19-37)49(55-50(42)47)39-22-12-4-13-23-39/h1-33H. The number of pyridine rings is 1. The largest absolute Gasteiger partial charge is 0.247 e. The Balaban J connectivity index is 1.11. The van der Waals surface area contributed by atoms with E-state index < -0.39 is 0 Å². The Morgan fingerprint density at radius 2 is 0.818 bits per heavy atom. The molecule has 0 bridgehead atoms. The fraction of sp³-hybridized carbons (Fsp3) is 0. The molecule has 0 saturated heterocycles. The molecule has 10 rings (SSSR count). The van der Waals surface area contributed by atoms with Gasteiger partial charge < -0.3 is 0 Å². The van der Waals surface area contributed by atoms with Crippen molar-refractivity contribution in [3.63, 3.8) is 0 Å². The molecule has 258 valence electrons. The van der Waals surface area contributed by atoms with Crippen LogP contribution in [0.5, 0.6) is 0 Å². The Labute approximate surface area is 323 Å². The molecule has 55 heavy (non-hydrogen) atoms. The van der Waals surface area contributed by atoms with Gasteiger partial charge in [0, 0.05) is 48.2 Å². The molecule has 0 amide bonds. The molecule has 4 heteroatoms. The number of rotatable bonds is 7. The van der Waals surface area contributed by atoms with Crippen LogP contribution in [0.3, 0.4) is 0 Å². The monoisotopic (exact) mass is 719 g/mol. The lowest BCUT2D eigenvalue weighted by atomic mass is 9.94.